The first-order valence-electron chi connectivity index (χ1n) is 9.93. The van der Waals surface area contributed by atoms with Crippen LogP contribution in [0.15, 0.2) is 22.5 Å². The molecule has 1 aromatic rings. The molecule has 2 unspecified atom stereocenters. The van der Waals surface area contributed by atoms with Gasteiger partial charge in [-0.25, -0.2) is 0 Å². The van der Waals surface area contributed by atoms with Crippen molar-refractivity contribution in [1.29, 1.82) is 0 Å². The van der Waals surface area contributed by atoms with E-state index in [1.165, 1.54) is 24.4 Å². The van der Waals surface area contributed by atoms with E-state index < -0.39 is 0 Å². The van der Waals surface area contributed by atoms with Crippen molar-refractivity contribution in [2.75, 3.05) is 51.3 Å². The molecule has 3 saturated heterocycles. The van der Waals surface area contributed by atoms with Gasteiger partial charge in [0.1, 0.15) is 0 Å². The van der Waals surface area contributed by atoms with Gasteiger partial charge in [0.05, 0.1) is 17.7 Å². The van der Waals surface area contributed by atoms with E-state index in [9.17, 15) is 0 Å². The zero-order valence-corrected chi connectivity index (χ0v) is 16.5. The van der Waals surface area contributed by atoms with E-state index in [1.807, 2.05) is 18.4 Å². The molecule has 2 N–H and O–H groups in total. The summed E-state index contributed by atoms with van der Waals surface area (Å²) in [6, 6.07) is 5.51. The zero-order chi connectivity index (χ0) is 17.8. The first-order chi connectivity index (χ1) is 12.8. The zero-order valence-electron chi connectivity index (χ0n) is 15.7. The Morgan fingerprint density at radius 3 is 2.96 bits per heavy atom. The number of morpholine rings is 1. The van der Waals surface area contributed by atoms with Crippen molar-refractivity contribution >= 4 is 22.3 Å². The van der Waals surface area contributed by atoms with Gasteiger partial charge >= 0.3 is 0 Å². The Kier molecular flexibility index (Phi) is 5.97. The lowest BCUT2D eigenvalue weighted by atomic mass is 10.1. The normalized spacial score (nSPS) is 28.2. The Morgan fingerprint density at radius 1 is 1.31 bits per heavy atom. The standard InChI is InChI=1S/C19H31N5OS/c1-20-19(21-12-17-13-24-8-2-4-16(24)14-25-17)22-15-6-9-23(10-7-15)18-5-3-11-26-18/h3,5,11,15-17H,2,4,6-10,12-14H2,1H3,(H2,20,21,22). The number of anilines is 1. The summed E-state index contributed by atoms with van der Waals surface area (Å²) in [5.41, 5.74) is 0. The van der Waals surface area contributed by atoms with Gasteiger partial charge in [-0.3, -0.25) is 9.89 Å². The fourth-order valence-corrected chi connectivity index (χ4v) is 5.09. The Morgan fingerprint density at radius 2 is 2.19 bits per heavy atom. The van der Waals surface area contributed by atoms with E-state index in [-0.39, 0.29) is 6.10 Å². The van der Waals surface area contributed by atoms with Crippen LogP contribution in [0.3, 0.4) is 0 Å². The lowest BCUT2D eigenvalue weighted by Crippen LogP contribution is -2.53. The summed E-state index contributed by atoms with van der Waals surface area (Å²) < 4.78 is 6.04. The second-order valence-electron chi connectivity index (χ2n) is 7.56. The monoisotopic (exact) mass is 377 g/mol. The minimum absolute atomic E-state index is 0.267. The molecule has 0 saturated carbocycles. The van der Waals surface area contributed by atoms with Crippen LogP contribution in [0.4, 0.5) is 5.00 Å². The van der Waals surface area contributed by atoms with Crippen LogP contribution >= 0.6 is 11.3 Å². The highest BCUT2D eigenvalue weighted by molar-refractivity contribution is 7.14. The topological polar surface area (TPSA) is 52.1 Å². The molecule has 0 amide bonds. The fourth-order valence-electron chi connectivity index (χ4n) is 4.30. The van der Waals surface area contributed by atoms with Gasteiger partial charge in [-0.15, -0.1) is 11.3 Å². The number of hydrogen-bond donors (Lipinski definition) is 2. The summed E-state index contributed by atoms with van der Waals surface area (Å²) in [4.78, 5) is 9.49. The molecule has 0 aliphatic carbocycles. The van der Waals surface area contributed by atoms with Crippen molar-refractivity contribution in [2.45, 2.75) is 43.9 Å². The summed E-state index contributed by atoms with van der Waals surface area (Å²) >= 11 is 1.83. The van der Waals surface area contributed by atoms with Crippen LogP contribution in [-0.2, 0) is 4.74 Å². The van der Waals surface area contributed by atoms with Gasteiger partial charge in [0.15, 0.2) is 5.96 Å². The largest absolute Gasteiger partial charge is 0.373 e. The number of rotatable bonds is 4. The van der Waals surface area contributed by atoms with Crippen LogP contribution in [0.1, 0.15) is 25.7 Å². The van der Waals surface area contributed by atoms with Crippen molar-refractivity contribution in [3.8, 4) is 0 Å². The van der Waals surface area contributed by atoms with Gasteiger partial charge in [-0.2, -0.15) is 0 Å². The second-order valence-corrected chi connectivity index (χ2v) is 8.48. The molecule has 3 aliphatic rings. The van der Waals surface area contributed by atoms with Gasteiger partial charge in [-0.1, -0.05) is 0 Å². The fraction of sp³-hybridized carbons (Fsp3) is 0.737. The van der Waals surface area contributed by atoms with E-state index in [1.54, 1.807) is 0 Å². The molecule has 2 atom stereocenters. The predicted molar refractivity (Wildman–Crippen MR) is 108 cm³/mol. The average molecular weight is 378 g/mol. The minimum Gasteiger partial charge on any atom is -0.373 e. The van der Waals surface area contributed by atoms with E-state index >= 15 is 0 Å². The molecule has 0 radical (unpaired) electrons. The highest BCUT2D eigenvalue weighted by Gasteiger charge is 2.32. The summed E-state index contributed by atoms with van der Waals surface area (Å²) in [5.74, 6) is 0.909. The van der Waals surface area contributed by atoms with Crippen molar-refractivity contribution in [3.05, 3.63) is 17.5 Å². The first kappa shape index (κ1) is 18.1. The Hall–Kier alpha value is -1.31. The summed E-state index contributed by atoms with van der Waals surface area (Å²) in [7, 11) is 1.86. The highest BCUT2D eigenvalue weighted by Crippen LogP contribution is 2.25. The third kappa shape index (κ3) is 4.32. The molecular formula is C19H31N5OS. The van der Waals surface area contributed by atoms with Gasteiger partial charge < -0.3 is 20.3 Å². The molecule has 1 aromatic heterocycles. The molecule has 7 heteroatoms. The van der Waals surface area contributed by atoms with Crippen LogP contribution in [0.5, 0.6) is 0 Å². The molecule has 3 fully saturated rings. The molecule has 4 heterocycles. The van der Waals surface area contributed by atoms with Crippen LogP contribution < -0.4 is 15.5 Å². The Balaban J connectivity index is 1.19. The van der Waals surface area contributed by atoms with Crippen LogP contribution in [-0.4, -0.2) is 75.4 Å². The number of ether oxygens (including phenoxy) is 1. The van der Waals surface area contributed by atoms with Crippen LogP contribution in [0, 0.1) is 0 Å². The van der Waals surface area contributed by atoms with E-state index in [0.29, 0.717) is 12.1 Å². The smallest absolute Gasteiger partial charge is 0.191 e. The number of thiophene rings is 1. The summed E-state index contributed by atoms with van der Waals surface area (Å²) in [6.45, 7) is 6.22. The Bertz CT molecular complexity index is 585. The molecular weight excluding hydrogens is 346 g/mol. The molecule has 0 spiro atoms. The summed E-state index contributed by atoms with van der Waals surface area (Å²) in [5, 5.41) is 10.6. The molecule has 6 nitrogen and oxygen atoms in total. The third-order valence-electron chi connectivity index (χ3n) is 5.84. The molecule has 0 aromatic carbocycles. The quantitative estimate of drug-likeness (QED) is 0.618. The van der Waals surface area contributed by atoms with Gasteiger partial charge in [0.2, 0.25) is 0 Å². The van der Waals surface area contributed by atoms with E-state index in [4.69, 9.17) is 4.74 Å². The van der Waals surface area contributed by atoms with Gasteiger partial charge in [0, 0.05) is 45.3 Å². The van der Waals surface area contributed by atoms with Gasteiger partial charge in [0.25, 0.3) is 0 Å². The van der Waals surface area contributed by atoms with Crippen LogP contribution in [0.2, 0.25) is 0 Å². The lowest BCUT2D eigenvalue weighted by Gasteiger charge is -2.36. The average Bonchev–Trinajstić information content (AvgIpc) is 3.37. The number of nitrogens with one attached hydrogen (secondary N) is 2. The first-order valence-corrected chi connectivity index (χ1v) is 10.8. The van der Waals surface area contributed by atoms with Crippen molar-refractivity contribution in [1.82, 2.24) is 15.5 Å². The maximum atomic E-state index is 6.04. The number of guanidine groups is 1. The van der Waals surface area contributed by atoms with Crippen molar-refractivity contribution in [3.63, 3.8) is 0 Å². The molecule has 144 valence electrons. The SMILES string of the molecule is CN=C(NCC1CN2CCCC2CO1)NC1CCN(c2cccs2)CC1. The van der Waals surface area contributed by atoms with Crippen molar-refractivity contribution in [2.24, 2.45) is 4.99 Å². The van der Waals surface area contributed by atoms with E-state index in [0.717, 1.165) is 51.6 Å². The molecule has 3 aliphatic heterocycles. The maximum Gasteiger partial charge on any atom is 0.191 e. The Labute approximate surface area is 160 Å². The number of nitrogens with zero attached hydrogens (tertiary/aromatic N) is 3. The summed E-state index contributed by atoms with van der Waals surface area (Å²) in [6.07, 6.45) is 5.18. The van der Waals surface area contributed by atoms with E-state index in [2.05, 4.69) is 42.9 Å². The molecule has 26 heavy (non-hydrogen) atoms. The second kappa shape index (κ2) is 8.59. The number of piperidine rings is 1. The lowest BCUT2D eigenvalue weighted by molar-refractivity contribution is -0.0453. The van der Waals surface area contributed by atoms with Crippen molar-refractivity contribution < 1.29 is 4.74 Å². The molecule has 4 rings (SSSR count). The predicted octanol–water partition coefficient (Wildman–Crippen LogP) is 1.75. The minimum atomic E-state index is 0.267. The number of hydrogen-bond acceptors (Lipinski definition) is 5. The van der Waals surface area contributed by atoms with Gasteiger partial charge in [-0.05, 0) is 49.7 Å². The maximum absolute atomic E-state index is 6.04. The number of aliphatic imine (C=N–C) groups is 1. The van der Waals surface area contributed by atoms with Crippen LogP contribution in [0.25, 0.3) is 0 Å². The third-order valence-corrected chi connectivity index (χ3v) is 6.76. The number of fused-ring (bicyclic) bond motifs is 1. The molecule has 0 bridgehead atoms. The highest BCUT2D eigenvalue weighted by atomic mass is 32.1.